The molecule has 0 atom stereocenters. The van der Waals surface area contributed by atoms with Gasteiger partial charge in [0.2, 0.25) is 6.79 Å². The van der Waals surface area contributed by atoms with Gasteiger partial charge in [0.25, 0.3) is 0 Å². The summed E-state index contributed by atoms with van der Waals surface area (Å²) < 4.78 is 22.1. The number of hydrogen-bond donors (Lipinski definition) is 2. The lowest BCUT2D eigenvalue weighted by atomic mass is 9.74. The lowest BCUT2D eigenvalue weighted by molar-refractivity contribution is 0.0530. The van der Waals surface area contributed by atoms with Crippen molar-refractivity contribution < 1.29 is 18.6 Å². The van der Waals surface area contributed by atoms with Crippen molar-refractivity contribution in [2.24, 2.45) is 4.99 Å². The highest BCUT2D eigenvalue weighted by Gasteiger charge is 2.35. The molecule has 7 heteroatoms. The van der Waals surface area contributed by atoms with Gasteiger partial charge in [-0.1, -0.05) is 6.07 Å². The van der Waals surface area contributed by atoms with Crippen LogP contribution < -0.4 is 20.1 Å². The molecule has 4 rings (SSSR count). The molecule has 0 bridgehead atoms. The molecule has 156 valence electrons. The Kier molecular flexibility index (Phi) is 6.24. The number of furan rings is 1. The van der Waals surface area contributed by atoms with Gasteiger partial charge in [0, 0.05) is 38.1 Å². The molecule has 0 radical (unpaired) electrons. The van der Waals surface area contributed by atoms with Crippen molar-refractivity contribution >= 4 is 5.96 Å². The zero-order chi connectivity index (χ0) is 19.9. The third-order valence-electron chi connectivity index (χ3n) is 5.56. The van der Waals surface area contributed by atoms with Gasteiger partial charge >= 0.3 is 0 Å². The van der Waals surface area contributed by atoms with Gasteiger partial charge in [-0.15, -0.1) is 0 Å². The molecule has 2 N–H and O–H groups in total. The maximum atomic E-state index is 5.65. The maximum Gasteiger partial charge on any atom is 0.231 e. The number of guanidine groups is 1. The van der Waals surface area contributed by atoms with E-state index in [0.29, 0.717) is 6.54 Å². The summed E-state index contributed by atoms with van der Waals surface area (Å²) in [6.07, 6.45) is 4.39. The smallest absolute Gasteiger partial charge is 0.231 e. The molecule has 7 nitrogen and oxygen atoms in total. The zero-order valence-electron chi connectivity index (χ0n) is 16.9. The summed E-state index contributed by atoms with van der Waals surface area (Å²) in [7, 11) is 0. The van der Waals surface area contributed by atoms with E-state index in [9.17, 15) is 0 Å². The highest BCUT2D eigenvalue weighted by Crippen LogP contribution is 2.41. The lowest BCUT2D eigenvalue weighted by Crippen LogP contribution is -2.41. The Bertz CT molecular complexity index is 813. The maximum absolute atomic E-state index is 5.65. The second kappa shape index (κ2) is 9.22. The molecular weight excluding hydrogens is 370 g/mol. The van der Waals surface area contributed by atoms with Crippen LogP contribution in [0.1, 0.15) is 31.1 Å². The first-order chi connectivity index (χ1) is 14.3. The molecular formula is C22H29N3O4. The van der Waals surface area contributed by atoms with E-state index in [-0.39, 0.29) is 12.2 Å². The summed E-state index contributed by atoms with van der Waals surface area (Å²) in [5.74, 6) is 3.42. The van der Waals surface area contributed by atoms with Crippen LogP contribution in [-0.2, 0) is 16.6 Å². The minimum Gasteiger partial charge on any atom is -0.469 e. The Morgan fingerprint density at radius 3 is 2.76 bits per heavy atom. The Morgan fingerprint density at radius 2 is 1.97 bits per heavy atom. The van der Waals surface area contributed by atoms with E-state index in [1.165, 1.54) is 5.56 Å². The summed E-state index contributed by atoms with van der Waals surface area (Å²) >= 11 is 0. The molecule has 0 aliphatic carbocycles. The molecule has 0 amide bonds. The number of nitrogens with zero attached hydrogens (tertiary/aromatic N) is 1. The van der Waals surface area contributed by atoms with Crippen molar-refractivity contribution in [2.75, 3.05) is 39.6 Å². The van der Waals surface area contributed by atoms with Crippen molar-refractivity contribution in [3.63, 3.8) is 0 Å². The largest absolute Gasteiger partial charge is 0.469 e. The Morgan fingerprint density at radius 1 is 1.10 bits per heavy atom. The SMILES string of the molecule is CCNC(=NCC1(c2ccc3c(c2)OCO3)CCOCC1)NCCc1ccco1. The Balaban J connectivity index is 1.48. The van der Waals surface area contributed by atoms with Gasteiger partial charge in [0.05, 0.1) is 12.8 Å². The molecule has 0 saturated carbocycles. The fourth-order valence-electron chi connectivity index (χ4n) is 3.86. The molecule has 2 aliphatic heterocycles. The second-order valence-corrected chi connectivity index (χ2v) is 7.41. The van der Waals surface area contributed by atoms with E-state index in [1.807, 2.05) is 18.2 Å². The third kappa shape index (κ3) is 4.67. The number of hydrogen-bond acceptors (Lipinski definition) is 5. The quantitative estimate of drug-likeness (QED) is 0.551. The summed E-state index contributed by atoms with van der Waals surface area (Å²) in [6, 6.07) is 10.2. The topological polar surface area (TPSA) is 77.3 Å². The first kappa shape index (κ1) is 19.6. The molecule has 1 fully saturated rings. The summed E-state index contributed by atoms with van der Waals surface area (Å²) in [5.41, 5.74) is 1.17. The van der Waals surface area contributed by atoms with Crippen molar-refractivity contribution in [3.8, 4) is 11.5 Å². The van der Waals surface area contributed by atoms with Crippen molar-refractivity contribution in [2.45, 2.75) is 31.6 Å². The molecule has 1 saturated heterocycles. The van der Waals surface area contributed by atoms with Crippen LogP contribution in [0, 0.1) is 0 Å². The lowest BCUT2D eigenvalue weighted by Gasteiger charge is -2.36. The van der Waals surface area contributed by atoms with Crippen LogP contribution >= 0.6 is 0 Å². The molecule has 1 aromatic heterocycles. The van der Waals surface area contributed by atoms with Gasteiger partial charge in [-0.05, 0) is 49.6 Å². The van der Waals surface area contributed by atoms with Gasteiger partial charge in [0.15, 0.2) is 17.5 Å². The van der Waals surface area contributed by atoms with Gasteiger partial charge in [-0.2, -0.15) is 0 Å². The van der Waals surface area contributed by atoms with Gasteiger partial charge < -0.3 is 29.3 Å². The van der Waals surface area contributed by atoms with Crippen molar-refractivity contribution in [1.82, 2.24) is 10.6 Å². The van der Waals surface area contributed by atoms with E-state index in [4.69, 9.17) is 23.6 Å². The molecule has 2 aliphatic rings. The molecule has 1 aromatic carbocycles. The highest BCUT2D eigenvalue weighted by atomic mass is 16.7. The molecule has 3 heterocycles. The van der Waals surface area contributed by atoms with Gasteiger partial charge in [0.1, 0.15) is 5.76 Å². The van der Waals surface area contributed by atoms with E-state index < -0.39 is 0 Å². The number of aliphatic imine (C=N–C) groups is 1. The van der Waals surface area contributed by atoms with Crippen LogP contribution in [0.5, 0.6) is 11.5 Å². The van der Waals surface area contributed by atoms with Crippen molar-refractivity contribution in [3.05, 3.63) is 47.9 Å². The predicted molar refractivity (Wildman–Crippen MR) is 111 cm³/mol. The van der Waals surface area contributed by atoms with E-state index in [0.717, 1.165) is 68.8 Å². The second-order valence-electron chi connectivity index (χ2n) is 7.41. The first-order valence-electron chi connectivity index (χ1n) is 10.3. The van der Waals surface area contributed by atoms with E-state index >= 15 is 0 Å². The Hall–Kier alpha value is -2.67. The van der Waals surface area contributed by atoms with Crippen molar-refractivity contribution in [1.29, 1.82) is 0 Å². The standard InChI is InChI=1S/C22H29N3O4/c1-2-23-21(24-10-7-18-4-3-11-27-18)25-15-22(8-12-26-13-9-22)17-5-6-19-20(14-17)29-16-28-19/h3-6,11,14H,2,7-10,12-13,15-16H2,1H3,(H2,23,24,25). The molecule has 2 aromatic rings. The average molecular weight is 399 g/mol. The zero-order valence-corrected chi connectivity index (χ0v) is 16.9. The predicted octanol–water partition coefficient (Wildman–Crippen LogP) is 2.85. The molecule has 0 spiro atoms. The third-order valence-corrected chi connectivity index (χ3v) is 5.56. The number of benzene rings is 1. The molecule has 29 heavy (non-hydrogen) atoms. The van der Waals surface area contributed by atoms with Crippen LogP contribution in [0.25, 0.3) is 0 Å². The fourth-order valence-corrected chi connectivity index (χ4v) is 3.86. The van der Waals surface area contributed by atoms with Crippen LogP contribution in [-0.4, -0.2) is 45.6 Å². The summed E-state index contributed by atoms with van der Waals surface area (Å²) in [4.78, 5) is 4.93. The minimum atomic E-state index is -0.0669. The number of nitrogens with one attached hydrogen (secondary N) is 2. The summed E-state index contributed by atoms with van der Waals surface area (Å²) in [6.45, 7) is 6.11. The van der Waals surface area contributed by atoms with E-state index in [2.05, 4.69) is 29.7 Å². The average Bonchev–Trinajstić information content (AvgIpc) is 3.44. The highest BCUT2D eigenvalue weighted by molar-refractivity contribution is 5.79. The fraction of sp³-hybridized carbons (Fsp3) is 0.500. The van der Waals surface area contributed by atoms with E-state index in [1.54, 1.807) is 6.26 Å². The normalized spacial score (nSPS) is 17.9. The number of rotatable bonds is 7. The van der Waals surface area contributed by atoms with Gasteiger partial charge in [-0.25, -0.2) is 0 Å². The number of ether oxygens (including phenoxy) is 3. The van der Waals surface area contributed by atoms with Crippen LogP contribution in [0.2, 0.25) is 0 Å². The minimum absolute atomic E-state index is 0.0669. The monoisotopic (exact) mass is 399 g/mol. The molecule has 0 unspecified atom stereocenters. The summed E-state index contributed by atoms with van der Waals surface area (Å²) in [5, 5.41) is 6.76. The van der Waals surface area contributed by atoms with Crippen LogP contribution in [0.15, 0.2) is 46.0 Å². The van der Waals surface area contributed by atoms with Gasteiger partial charge in [-0.3, -0.25) is 4.99 Å². The van der Waals surface area contributed by atoms with Crippen LogP contribution in [0.3, 0.4) is 0 Å². The first-order valence-corrected chi connectivity index (χ1v) is 10.3. The van der Waals surface area contributed by atoms with Crippen LogP contribution in [0.4, 0.5) is 0 Å². The Labute approximate surface area is 171 Å². The number of fused-ring (bicyclic) bond motifs is 1.